The lowest BCUT2D eigenvalue weighted by atomic mass is 10.1. The first-order chi connectivity index (χ1) is 12.0. The monoisotopic (exact) mass is 345 g/mol. The minimum absolute atomic E-state index is 0.0249. The molecule has 6 heteroatoms. The van der Waals surface area contributed by atoms with Crippen LogP contribution < -0.4 is 4.74 Å². The standard InChI is InChI=1S/C19H21F2N3O/c1-4-5-9-24-19-17(12(2)23-24)15(18(20)21)11-16(22-19)13-7-6-8-14(10-13)25-3/h6-8,10-11,18H,4-5,9H2,1-3H3. The summed E-state index contributed by atoms with van der Waals surface area (Å²) >= 11 is 0. The molecule has 3 aromatic rings. The Morgan fingerprint density at radius 1 is 1.24 bits per heavy atom. The summed E-state index contributed by atoms with van der Waals surface area (Å²) in [5, 5.41) is 4.89. The number of ether oxygens (including phenoxy) is 1. The Morgan fingerprint density at radius 2 is 2.04 bits per heavy atom. The number of halogens is 2. The highest BCUT2D eigenvalue weighted by atomic mass is 19.3. The minimum Gasteiger partial charge on any atom is -0.497 e. The van der Waals surface area contributed by atoms with E-state index in [-0.39, 0.29) is 5.56 Å². The Kier molecular flexibility index (Phi) is 4.97. The molecule has 0 N–H and O–H groups in total. The summed E-state index contributed by atoms with van der Waals surface area (Å²) in [5.74, 6) is 0.661. The number of alkyl halides is 2. The summed E-state index contributed by atoms with van der Waals surface area (Å²) in [4.78, 5) is 4.65. The second kappa shape index (κ2) is 7.17. The maximum Gasteiger partial charge on any atom is 0.264 e. The third-order valence-electron chi connectivity index (χ3n) is 4.23. The second-order valence-electron chi connectivity index (χ2n) is 5.99. The SMILES string of the molecule is CCCCn1nc(C)c2c(C(F)F)cc(-c3cccc(OC)c3)nc21. The van der Waals surface area contributed by atoms with Crippen LogP contribution >= 0.6 is 0 Å². The molecular formula is C19H21F2N3O. The van der Waals surface area contributed by atoms with Gasteiger partial charge in [0.1, 0.15) is 5.75 Å². The second-order valence-corrected chi connectivity index (χ2v) is 5.99. The van der Waals surface area contributed by atoms with Gasteiger partial charge in [-0.1, -0.05) is 25.5 Å². The predicted octanol–water partition coefficient (Wildman–Crippen LogP) is 5.15. The summed E-state index contributed by atoms with van der Waals surface area (Å²) in [6, 6.07) is 8.72. The minimum atomic E-state index is -2.59. The van der Waals surface area contributed by atoms with Crippen LogP contribution in [-0.2, 0) is 6.54 Å². The molecule has 0 bridgehead atoms. The number of benzene rings is 1. The summed E-state index contributed by atoms with van der Waals surface area (Å²) < 4.78 is 34.3. The van der Waals surface area contributed by atoms with Crippen molar-refractivity contribution in [2.45, 2.75) is 39.7 Å². The summed E-state index contributed by atoms with van der Waals surface area (Å²) in [6.45, 7) is 4.50. The van der Waals surface area contributed by atoms with E-state index in [9.17, 15) is 8.78 Å². The van der Waals surface area contributed by atoms with Gasteiger partial charge in [0.2, 0.25) is 0 Å². The number of unbranched alkanes of at least 4 members (excludes halogenated alkanes) is 1. The average Bonchev–Trinajstić information content (AvgIpc) is 2.95. The quantitative estimate of drug-likeness (QED) is 0.620. The summed E-state index contributed by atoms with van der Waals surface area (Å²) in [5.41, 5.74) is 2.32. The van der Waals surface area contributed by atoms with Crippen molar-refractivity contribution in [3.05, 3.63) is 41.6 Å². The fourth-order valence-electron chi connectivity index (χ4n) is 2.95. The molecule has 2 heterocycles. The van der Waals surface area contributed by atoms with Crippen LogP contribution in [0.2, 0.25) is 0 Å². The van der Waals surface area contributed by atoms with Gasteiger partial charge in [-0.15, -0.1) is 0 Å². The Labute approximate surface area is 145 Å². The van der Waals surface area contributed by atoms with Crippen molar-refractivity contribution in [2.24, 2.45) is 0 Å². The van der Waals surface area contributed by atoms with Crippen molar-refractivity contribution in [2.75, 3.05) is 7.11 Å². The van der Waals surface area contributed by atoms with Gasteiger partial charge in [-0.2, -0.15) is 5.10 Å². The van der Waals surface area contributed by atoms with Gasteiger partial charge < -0.3 is 4.74 Å². The molecule has 132 valence electrons. The largest absolute Gasteiger partial charge is 0.497 e. The molecule has 0 aliphatic heterocycles. The summed E-state index contributed by atoms with van der Waals surface area (Å²) in [6.07, 6.45) is -0.666. The highest BCUT2D eigenvalue weighted by Gasteiger charge is 2.21. The smallest absolute Gasteiger partial charge is 0.264 e. The maximum atomic E-state index is 13.7. The van der Waals surface area contributed by atoms with Gasteiger partial charge in [-0.3, -0.25) is 0 Å². The molecule has 0 spiro atoms. The van der Waals surface area contributed by atoms with Crippen LogP contribution in [0.5, 0.6) is 5.75 Å². The molecule has 0 aliphatic carbocycles. The normalized spacial score (nSPS) is 11.4. The van der Waals surface area contributed by atoms with E-state index >= 15 is 0 Å². The number of aromatic nitrogens is 3. The van der Waals surface area contributed by atoms with E-state index in [1.54, 1.807) is 24.8 Å². The fraction of sp³-hybridized carbons (Fsp3) is 0.368. The fourth-order valence-corrected chi connectivity index (χ4v) is 2.95. The van der Waals surface area contributed by atoms with Crippen LogP contribution in [-0.4, -0.2) is 21.9 Å². The molecule has 1 aromatic carbocycles. The Bertz CT molecular complexity index is 890. The van der Waals surface area contributed by atoms with Crippen LogP contribution in [0.25, 0.3) is 22.3 Å². The highest BCUT2D eigenvalue weighted by molar-refractivity contribution is 5.85. The van der Waals surface area contributed by atoms with Gasteiger partial charge in [0.05, 0.1) is 23.9 Å². The Balaban J connectivity index is 2.22. The summed E-state index contributed by atoms with van der Waals surface area (Å²) in [7, 11) is 1.57. The first-order valence-corrected chi connectivity index (χ1v) is 8.35. The molecule has 0 aliphatic rings. The van der Waals surface area contributed by atoms with Crippen LogP contribution in [0, 0.1) is 6.92 Å². The predicted molar refractivity (Wildman–Crippen MR) is 94.1 cm³/mol. The first-order valence-electron chi connectivity index (χ1n) is 8.35. The molecule has 0 fully saturated rings. The first kappa shape index (κ1) is 17.3. The number of fused-ring (bicyclic) bond motifs is 1. The van der Waals surface area contributed by atoms with Crippen molar-refractivity contribution in [1.82, 2.24) is 14.8 Å². The van der Waals surface area contributed by atoms with E-state index in [2.05, 4.69) is 17.0 Å². The van der Waals surface area contributed by atoms with Crippen molar-refractivity contribution in [1.29, 1.82) is 0 Å². The number of aryl methyl sites for hydroxylation is 2. The molecule has 0 unspecified atom stereocenters. The van der Waals surface area contributed by atoms with Gasteiger partial charge in [-0.25, -0.2) is 18.4 Å². The zero-order valence-corrected chi connectivity index (χ0v) is 14.6. The van der Waals surface area contributed by atoms with Gasteiger partial charge in [0.15, 0.2) is 5.65 Å². The third kappa shape index (κ3) is 3.34. The van der Waals surface area contributed by atoms with E-state index in [0.717, 1.165) is 18.4 Å². The molecule has 0 saturated carbocycles. The van der Waals surface area contributed by atoms with Crippen molar-refractivity contribution in [3.63, 3.8) is 0 Å². The Morgan fingerprint density at radius 3 is 2.72 bits per heavy atom. The van der Waals surface area contributed by atoms with Gasteiger partial charge in [-0.05, 0) is 31.5 Å². The molecule has 2 aromatic heterocycles. The zero-order valence-electron chi connectivity index (χ0n) is 14.6. The number of hydrogen-bond acceptors (Lipinski definition) is 3. The topological polar surface area (TPSA) is 39.9 Å². The highest BCUT2D eigenvalue weighted by Crippen LogP contribution is 2.33. The molecule has 0 saturated heterocycles. The van der Waals surface area contributed by atoms with Crippen LogP contribution in [0.4, 0.5) is 8.78 Å². The van der Waals surface area contributed by atoms with E-state index in [4.69, 9.17) is 4.74 Å². The molecular weight excluding hydrogens is 324 g/mol. The van der Waals surface area contributed by atoms with Crippen LogP contribution in [0.3, 0.4) is 0 Å². The van der Waals surface area contributed by atoms with E-state index in [1.165, 1.54) is 6.07 Å². The third-order valence-corrected chi connectivity index (χ3v) is 4.23. The molecule has 4 nitrogen and oxygen atoms in total. The Hall–Kier alpha value is -2.50. The maximum absolute atomic E-state index is 13.7. The van der Waals surface area contributed by atoms with Gasteiger partial charge in [0, 0.05) is 17.7 Å². The average molecular weight is 345 g/mol. The number of pyridine rings is 1. The molecule has 0 radical (unpaired) electrons. The van der Waals surface area contributed by atoms with Crippen LogP contribution in [0.1, 0.15) is 37.4 Å². The van der Waals surface area contributed by atoms with Gasteiger partial charge in [0.25, 0.3) is 6.43 Å². The zero-order chi connectivity index (χ0) is 18.0. The van der Waals surface area contributed by atoms with E-state index in [0.29, 0.717) is 34.7 Å². The lowest BCUT2D eigenvalue weighted by molar-refractivity contribution is 0.153. The number of rotatable bonds is 6. The van der Waals surface area contributed by atoms with E-state index in [1.807, 2.05) is 18.2 Å². The molecule has 25 heavy (non-hydrogen) atoms. The lowest BCUT2D eigenvalue weighted by Crippen LogP contribution is -2.02. The number of nitrogens with zero attached hydrogens (tertiary/aromatic N) is 3. The van der Waals surface area contributed by atoms with Crippen molar-refractivity contribution >= 4 is 11.0 Å². The molecule has 0 amide bonds. The van der Waals surface area contributed by atoms with Gasteiger partial charge >= 0.3 is 0 Å². The number of methoxy groups -OCH3 is 1. The molecule has 3 rings (SSSR count). The lowest BCUT2D eigenvalue weighted by Gasteiger charge is -2.09. The van der Waals surface area contributed by atoms with Crippen molar-refractivity contribution in [3.8, 4) is 17.0 Å². The van der Waals surface area contributed by atoms with Crippen molar-refractivity contribution < 1.29 is 13.5 Å². The molecule has 0 atom stereocenters. The van der Waals surface area contributed by atoms with Crippen LogP contribution in [0.15, 0.2) is 30.3 Å². The number of hydrogen-bond donors (Lipinski definition) is 0. The van der Waals surface area contributed by atoms with E-state index < -0.39 is 6.43 Å².